The highest BCUT2D eigenvalue weighted by molar-refractivity contribution is 14.1. The molecule has 2 amide bonds. The number of hydrogen-bond acceptors (Lipinski definition) is 6. The highest BCUT2D eigenvalue weighted by Gasteiger charge is 2.29. The van der Waals surface area contributed by atoms with Crippen LogP contribution in [0, 0.1) is 0 Å². The third kappa shape index (κ3) is 3.94. The summed E-state index contributed by atoms with van der Waals surface area (Å²) in [4.78, 5) is 28.7. The van der Waals surface area contributed by atoms with Crippen molar-refractivity contribution in [1.82, 2.24) is 13.0 Å². The van der Waals surface area contributed by atoms with Crippen LogP contribution in [0.3, 0.4) is 0 Å². The Balaban J connectivity index is 1.91. The number of hydrogen-bond donors (Lipinski definition) is 2. The number of rotatable bonds is 2. The van der Waals surface area contributed by atoms with Gasteiger partial charge in [-0.25, -0.2) is 12.7 Å². The summed E-state index contributed by atoms with van der Waals surface area (Å²) < 4.78 is 7.00. The van der Waals surface area contributed by atoms with Gasteiger partial charge < -0.3 is 10.1 Å². The lowest BCUT2D eigenvalue weighted by molar-refractivity contribution is -0.114. The van der Waals surface area contributed by atoms with E-state index in [0.29, 0.717) is 17.4 Å². The molecule has 10 heteroatoms. The maximum atomic E-state index is 12.1. The minimum absolute atomic E-state index is 0.151. The molecule has 134 valence electrons. The number of amides is 2. The number of ether oxygens (including phenoxy) is 1. The van der Waals surface area contributed by atoms with Crippen molar-refractivity contribution in [2.75, 3.05) is 10.6 Å². The first-order valence-electron chi connectivity index (χ1n) is 7.70. The molecule has 8 nitrogen and oxygen atoms in total. The molecule has 2 aromatic rings. The van der Waals surface area contributed by atoms with Crippen molar-refractivity contribution >= 4 is 57.2 Å². The molecule has 0 aliphatic heterocycles. The van der Waals surface area contributed by atoms with Crippen LogP contribution < -0.4 is 10.6 Å². The highest BCUT2D eigenvalue weighted by Crippen LogP contribution is 2.42. The fraction of sp³-hybridized carbons (Fsp3) is 0.467. The predicted molar refractivity (Wildman–Crippen MR) is 104 cm³/mol. The lowest BCUT2D eigenvalue weighted by atomic mass is 10.00. The third-order valence-electron chi connectivity index (χ3n) is 3.37. The van der Waals surface area contributed by atoms with Gasteiger partial charge in [-0.05, 0) is 33.6 Å². The number of nitrogens with zero attached hydrogens (tertiary/aromatic N) is 3. The van der Waals surface area contributed by atoms with Gasteiger partial charge in [0.1, 0.15) is 5.60 Å². The Kier molecular flexibility index (Phi) is 4.75. The quantitative estimate of drug-likeness (QED) is 0.647. The Hall–Kier alpha value is -1.69. The second kappa shape index (κ2) is 6.56. The summed E-state index contributed by atoms with van der Waals surface area (Å²) >= 11 is 3.49. The van der Waals surface area contributed by atoms with E-state index in [4.69, 9.17) is 4.74 Å². The molecule has 1 aliphatic carbocycles. The summed E-state index contributed by atoms with van der Waals surface area (Å²) in [5, 5.41) is 10.4. The van der Waals surface area contributed by atoms with Crippen molar-refractivity contribution in [1.29, 1.82) is 0 Å². The molecule has 0 spiro atoms. The molecule has 2 N–H and O–H groups in total. The van der Waals surface area contributed by atoms with E-state index in [-0.39, 0.29) is 5.91 Å². The van der Waals surface area contributed by atoms with Gasteiger partial charge >= 0.3 is 6.09 Å². The topological polar surface area (TPSA) is 98.1 Å². The van der Waals surface area contributed by atoms with Crippen molar-refractivity contribution in [3.8, 4) is 10.6 Å². The van der Waals surface area contributed by atoms with E-state index in [1.165, 1.54) is 18.3 Å². The van der Waals surface area contributed by atoms with Gasteiger partial charge in [0, 0.05) is 12.5 Å². The second-order valence-corrected chi connectivity index (χ2v) is 8.55. The van der Waals surface area contributed by atoms with Crippen molar-refractivity contribution in [2.24, 2.45) is 0 Å². The SMILES string of the molecule is CC(=O)Nc1nc2c(s1)-c1c(c(NC(=O)OC(C)(C)C)nn1I)CC2. The van der Waals surface area contributed by atoms with Gasteiger partial charge in [0.2, 0.25) is 5.91 Å². The lowest BCUT2D eigenvalue weighted by Crippen LogP contribution is -2.27. The smallest absolute Gasteiger partial charge is 0.413 e. The first kappa shape index (κ1) is 18.1. The molecule has 0 saturated heterocycles. The minimum atomic E-state index is -0.574. The normalized spacial score (nSPS) is 13.0. The third-order valence-corrected chi connectivity index (χ3v) is 5.09. The van der Waals surface area contributed by atoms with Crippen LogP contribution in [-0.2, 0) is 22.4 Å². The number of halogens is 1. The van der Waals surface area contributed by atoms with E-state index in [9.17, 15) is 9.59 Å². The maximum Gasteiger partial charge on any atom is 0.413 e. The van der Waals surface area contributed by atoms with Crippen molar-refractivity contribution in [3.05, 3.63) is 11.3 Å². The molecule has 2 aromatic heterocycles. The largest absolute Gasteiger partial charge is 0.444 e. The van der Waals surface area contributed by atoms with Crippen molar-refractivity contribution < 1.29 is 14.3 Å². The maximum absolute atomic E-state index is 12.1. The van der Waals surface area contributed by atoms with Gasteiger partial charge in [0.05, 0.1) is 39.1 Å². The lowest BCUT2D eigenvalue weighted by Gasteiger charge is -2.19. The summed E-state index contributed by atoms with van der Waals surface area (Å²) in [7, 11) is 0. The van der Waals surface area contributed by atoms with E-state index in [1.54, 1.807) is 2.90 Å². The first-order valence-corrected chi connectivity index (χ1v) is 9.48. The van der Waals surface area contributed by atoms with E-state index in [1.807, 2.05) is 20.8 Å². The van der Waals surface area contributed by atoms with Crippen LogP contribution in [0.25, 0.3) is 10.6 Å². The first-order chi connectivity index (χ1) is 11.6. The Bertz CT molecular complexity index is 852. The number of aryl methyl sites for hydroxylation is 1. The van der Waals surface area contributed by atoms with Crippen molar-refractivity contribution in [3.63, 3.8) is 0 Å². The number of aromatic nitrogens is 3. The van der Waals surface area contributed by atoms with Crippen LogP contribution in [-0.4, -0.2) is 30.6 Å². The number of thiazole rings is 1. The van der Waals surface area contributed by atoms with Gasteiger partial charge in [0.25, 0.3) is 0 Å². The molecule has 3 rings (SSSR count). The highest BCUT2D eigenvalue weighted by atomic mass is 127. The molecule has 0 unspecified atom stereocenters. The molecule has 0 radical (unpaired) electrons. The molecule has 2 heterocycles. The average Bonchev–Trinajstić information content (AvgIpc) is 2.96. The summed E-state index contributed by atoms with van der Waals surface area (Å²) in [5.41, 5.74) is 2.21. The zero-order valence-electron chi connectivity index (χ0n) is 14.3. The Morgan fingerprint density at radius 1 is 1.28 bits per heavy atom. The van der Waals surface area contributed by atoms with Crippen LogP contribution in [0.1, 0.15) is 39.0 Å². The zero-order chi connectivity index (χ0) is 18.4. The molecular formula is C15H18IN5O3S. The van der Waals surface area contributed by atoms with Crippen LogP contribution in [0.2, 0.25) is 0 Å². The number of anilines is 2. The van der Waals surface area contributed by atoms with Crippen LogP contribution in [0.15, 0.2) is 0 Å². The van der Waals surface area contributed by atoms with Crippen LogP contribution >= 0.6 is 34.2 Å². The fourth-order valence-electron chi connectivity index (χ4n) is 2.53. The average molecular weight is 475 g/mol. The number of nitrogens with one attached hydrogen (secondary N) is 2. The molecule has 0 aromatic carbocycles. The molecule has 0 bridgehead atoms. The van der Waals surface area contributed by atoms with Crippen molar-refractivity contribution in [2.45, 2.75) is 46.1 Å². The molecular weight excluding hydrogens is 457 g/mol. The second-order valence-electron chi connectivity index (χ2n) is 6.64. The Morgan fingerprint density at radius 2 is 2.00 bits per heavy atom. The number of carbonyl (C=O) groups excluding carboxylic acids is 2. The summed E-state index contributed by atoms with van der Waals surface area (Å²) in [6.07, 6.45) is 0.905. The zero-order valence-corrected chi connectivity index (χ0v) is 17.2. The van der Waals surface area contributed by atoms with Crippen LogP contribution in [0.4, 0.5) is 15.7 Å². The molecule has 0 saturated carbocycles. The van der Waals surface area contributed by atoms with Gasteiger partial charge in [0.15, 0.2) is 10.9 Å². The number of fused-ring (bicyclic) bond motifs is 3. The van der Waals surface area contributed by atoms with Crippen LogP contribution in [0.5, 0.6) is 0 Å². The van der Waals surface area contributed by atoms with E-state index in [0.717, 1.165) is 28.2 Å². The molecule has 25 heavy (non-hydrogen) atoms. The Morgan fingerprint density at radius 3 is 2.64 bits per heavy atom. The molecule has 1 aliphatic rings. The van der Waals surface area contributed by atoms with E-state index < -0.39 is 11.7 Å². The monoisotopic (exact) mass is 475 g/mol. The van der Waals surface area contributed by atoms with Gasteiger partial charge in [-0.15, -0.1) is 5.10 Å². The predicted octanol–water partition coefficient (Wildman–Crippen LogP) is 3.61. The summed E-state index contributed by atoms with van der Waals surface area (Å²) in [6.45, 7) is 6.89. The Labute approximate surface area is 162 Å². The van der Waals surface area contributed by atoms with E-state index in [2.05, 4.69) is 43.6 Å². The summed E-state index contributed by atoms with van der Waals surface area (Å²) in [6, 6.07) is 0. The van der Waals surface area contributed by atoms with E-state index >= 15 is 0 Å². The standard InChI is InChI=1S/C15H18IN5O3S/c1-7(22)17-13-18-9-6-5-8-10(11(9)25-13)21(16)20-12(8)19-14(23)24-15(2,3)4/h5-6H2,1-4H3,(H,17,18,22)(H,19,20,23). The fourth-order valence-corrected chi connectivity index (χ4v) is 4.56. The van der Waals surface area contributed by atoms with Gasteiger partial charge in [-0.1, -0.05) is 11.3 Å². The van der Waals surface area contributed by atoms with Gasteiger partial charge in [-0.2, -0.15) is 0 Å². The summed E-state index contributed by atoms with van der Waals surface area (Å²) in [5.74, 6) is 0.348. The van der Waals surface area contributed by atoms with Gasteiger partial charge in [-0.3, -0.25) is 10.1 Å². The number of carbonyl (C=O) groups is 2. The molecule has 0 atom stereocenters. The minimum Gasteiger partial charge on any atom is -0.444 e. The molecule has 0 fully saturated rings.